The lowest BCUT2D eigenvalue weighted by molar-refractivity contribution is 0.593. The minimum absolute atomic E-state index is 0.219. The number of aryl methyl sites for hydroxylation is 1. The Morgan fingerprint density at radius 3 is 2.18 bits per heavy atom. The van der Waals surface area contributed by atoms with Crippen LogP contribution < -0.4 is 0 Å². The van der Waals surface area contributed by atoms with Crippen LogP contribution in [0.25, 0.3) is 0 Å². The van der Waals surface area contributed by atoms with E-state index in [9.17, 15) is 13.7 Å². The molecule has 0 unspecified atom stereocenters. The third kappa shape index (κ3) is 2.51. The molecular formula is C17H14ClNO2S. The lowest BCUT2D eigenvalue weighted by Gasteiger charge is -2.04. The van der Waals surface area contributed by atoms with E-state index >= 15 is 0 Å². The summed E-state index contributed by atoms with van der Waals surface area (Å²) in [5, 5.41) is 9.09. The Morgan fingerprint density at radius 1 is 1.05 bits per heavy atom. The second kappa shape index (κ2) is 5.42. The van der Waals surface area contributed by atoms with E-state index < -0.39 is 21.0 Å². The van der Waals surface area contributed by atoms with Gasteiger partial charge in [0.15, 0.2) is 9.84 Å². The Balaban J connectivity index is 1.95. The zero-order valence-electron chi connectivity index (χ0n) is 11.9. The van der Waals surface area contributed by atoms with Gasteiger partial charge < -0.3 is 0 Å². The van der Waals surface area contributed by atoms with Gasteiger partial charge in [-0.3, -0.25) is 0 Å². The average Bonchev–Trinajstić information content (AvgIpc) is 3.24. The third-order valence-corrected chi connectivity index (χ3v) is 6.55. The third-order valence-electron chi connectivity index (χ3n) is 4.07. The maximum absolute atomic E-state index is 12.7. The van der Waals surface area contributed by atoms with Crippen molar-refractivity contribution in [1.82, 2.24) is 0 Å². The summed E-state index contributed by atoms with van der Waals surface area (Å²) < 4.78 is 25.5. The van der Waals surface area contributed by atoms with E-state index in [-0.39, 0.29) is 10.8 Å². The molecule has 2 aromatic rings. The molecule has 3 rings (SSSR count). The van der Waals surface area contributed by atoms with Crippen molar-refractivity contribution >= 4 is 21.4 Å². The first-order valence-electron chi connectivity index (χ1n) is 6.91. The number of halogens is 1. The van der Waals surface area contributed by atoms with Gasteiger partial charge in [0.2, 0.25) is 0 Å². The fourth-order valence-electron chi connectivity index (χ4n) is 2.79. The summed E-state index contributed by atoms with van der Waals surface area (Å²) in [6, 6.07) is 15.9. The van der Waals surface area contributed by atoms with E-state index in [2.05, 4.69) is 6.07 Å². The molecule has 112 valence electrons. The monoisotopic (exact) mass is 331 g/mol. The summed E-state index contributed by atoms with van der Waals surface area (Å²) in [6.07, 6.45) is 0. The largest absolute Gasteiger partial charge is 0.223 e. The molecule has 0 saturated heterocycles. The molecule has 0 heterocycles. The standard InChI is InChI=1S/C17H14ClNO2S/c1-11-2-4-12(5-3-11)16-15(10-19)17(16)22(20,21)14-8-6-13(18)7-9-14/h2-9,15-17H,1H3/t15-,16+,17+/m0/s1. The first-order valence-corrected chi connectivity index (χ1v) is 8.83. The highest BCUT2D eigenvalue weighted by Crippen LogP contribution is 2.53. The summed E-state index contributed by atoms with van der Waals surface area (Å²) in [5.74, 6) is -0.755. The van der Waals surface area contributed by atoms with Gasteiger partial charge in [0.25, 0.3) is 0 Å². The summed E-state index contributed by atoms with van der Waals surface area (Å²) in [5.41, 5.74) is 2.01. The zero-order valence-corrected chi connectivity index (χ0v) is 13.5. The second-order valence-electron chi connectivity index (χ2n) is 5.55. The molecule has 5 heteroatoms. The van der Waals surface area contributed by atoms with Crippen LogP contribution >= 0.6 is 11.6 Å². The van der Waals surface area contributed by atoms with E-state index in [1.807, 2.05) is 31.2 Å². The minimum atomic E-state index is -3.53. The van der Waals surface area contributed by atoms with E-state index in [1.54, 1.807) is 12.1 Å². The molecule has 0 aliphatic heterocycles. The molecule has 0 bridgehead atoms. The molecule has 2 aromatic carbocycles. The number of sulfone groups is 1. The van der Waals surface area contributed by atoms with Gasteiger partial charge in [0.05, 0.1) is 22.1 Å². The quantitative estimate of drug-likeness (QED) is 0.861. The van der Waals surface area contributed by atoms with Gasteiger partial charge in [-0.15, -0.1) is 0 Å². The summed E-state index contributed by atoms with van der Waals surface area (Å²) in [4.78, 5) is 0.219. The van der Waals surface area contributed by atoms with E-state index in [4.69, 9.17) is 11.6 Å². The van der Waals surface area contributed by atoms with Crippen LogP contribution in [-0.4, -0.2) is 13.7 Å². The molecular weight excluding hydrogens is 318 g/mol. The highest BCUT2D eigenvalue weighted by Gasteiger charge is 2.59. The first kappa shape index (κ1) is 15.1. The molecule has 0 radical (unpaired) electrons. The van der Waals surface area contributed by atoms with Crippen LogP contribution in [0.2, 0.25) is 5.02 Å². The molecule has 1 aliphatic rings. The number of nitriles is 1. The molecule has 0 N–H and O–H groups in total. The molecule has 1 fully saturated rings. The lowest BCUT2D eigenvalue weighted by Crippen LogP contribution is -2.10. The normalized spacial score (nSPS) is 23.8. The number of hydrogen-bond acceptors (Lipinski definition) is 3. The van der Waals surface area contributed by atoms with E-state index in [0.717, 1.165) is 11.1 Å². The van der Waals surface area contributed by atoms with Crippen molar-refractivity contribution in [3.05, 3.63) is 64.7 Å². The highest BCUT2D eigenvalue weighted by atomic mass is 35.5. The predicted octanol–water partition coefficient (Wildman–Crippen LogP) is 3.73. The van der Waals surface area contributed by atoms with Crippen LogP contribution in [0.15, 0.2) is 53.4 Å². The maximum atomic E-state index is 12.7. The molecule has 3 atom stereocenters. The van der Waals surface area contributed by atoms with Crippen molar-refractivity contribution in [2.45, 2.75) is 23.0 Å². The smallest absolute Gasteiger partial charge is 0.183 e. The van der Waals surface area contributed by atoms with Gasteiger partial charge in [0.1, 0.15) is 0 Å². The van der Waals surface area contributed by atoms with Gasteiger partial charge in [-0.2, -0.15) is 5.26 Å². The summed E-state index contributed by atoms with van der Waals surface area (Å²) >= 11 is 5.81. The van der Waals surface area contributed by atoms with E-state index in [1.165, 1.54) is 12.1 Å². The Kier molecular flexibility index (Phi) is 3.72. The van der Waals surface area contributed by atoms with Crippen LogP contribution in [0, 0.1) is 24.2 Å². The fraction of sp³-hybridized carbons (Fsp3) is 0.235. The Morgan fingerprint density at radius 2 is 1.64 bits per heavy atom. The SMILES string of the molecule is Cc1ccc([C@@H]2[C@H](C#N)[C@H]2S(=O)(=O)c2ccc(Cl)cc2)cc1. The second-order valence-corrected chi connectivity index (χ2v) is 8.10. The van der Waals surface area contributed by atoms with E-state index in [0.29, 0.717) is 5.02 Å². The zero-order chi connectivity index (χ0) is 15.9. The summed E-state index contributed by atoms with van der Waals surface area (Å²) in [7, 11) is -3.53. The van der Waals surface area contributed by atoms with Gasteiger partial charge in [-0.1, -0.05) is 41.4 Å². The van der Waals surface area contributed by atoms with Crippen molar-refractivity contribution in [3.8, 4) is 6.07 Å². The molecule has 1 saturated carbocycles. The average molecular weight is 332 g/mol. The fourth-order valence-corrected chi connectivity index (χ4v) is 4.98. The topological polar surface area (TPSA) is 57.9 Å². The van der Waals surface area contributed by atoms with Gasteiger partial charge in [-0.25, -0.2) is 8.42 Å². The Labute approximate surface area is 135 Å². The first-order chi connectivity index (χ1) is 10.4. The molecule has 0 spiro atoms. The van der Waals surface area contributed by atoms with Crippen LogP contribution in [0.3, 0.4) is 0 Å². The van der Waals surface area contributed by atoms with Crippen LogP contribution in [-0.2, 0) is 9.84 Å². The van der Waals surface area contributed by atoms with Crippen molar-refractivity contribution in [2.75, 3.05) is 0 Å². The Hall–Kier alpha value is -1.83. The Bertz CT molecular complexity index is 836. The van der Waals surface area contributed by atoms with Gasteiger partial charge in [0, 0.05) is 10.9 Å². The van der Waals surface area contributed by atoms with Crippen molar-refractivity contribution < 1.29 is 8.42 Å². The van der Waals surface area contributed by atoms with Crippen molar-refractivity contribution in [2.24, 2.45) is 5.92 Å². The number of nitrogens with zero attached hydrogens (tertiary/aromatic N) is 1. The molecule has 3 nitrogen and oxygen atoms in total. The summed E-state index contributed by atoms with van der Waals surface area (Å²) in [6.45, 7) is 1.97. The van der Waals surface area contributed by atoms with Crippen molar-refractivity contribution in [1.29, 1.82) is 5.26 Å². The molecule has 0 amide bonds. The van der Waals surface area contributed by atoms with Gasteiger partial charge in [-0.05, 0) is 36.8 Å². The molecule has 0 aromatic heterocycles. The lowest BCUT2D eigenvalue weighted by atomic mass is 10.1. The minimum Gasteiger partial charge on any atom is -0.223 e. The number of rotatable bonds is 3. The van der Waals surface area contributed by atoms with Crippen molar-refractivity contribution in [3.63, 3.8) is 0 Å². The number of benzene rings is 2. The highest BCUT2D eigenvalue weighted by molar-refractivity contribution is 7.92. The van der Waals surface area contributed by atoms with Crippen LogP contribution in [0.4, 0.5) is 0 Å². The molecule has 1 aliphatic carbocycles. The predicted molar refractivity (Wildman–Crippen MR) is 85.4 cm³/mol. The van der Waals surface area contributed by atoms with Gasteiger partial charge >= 0.3 is 0 Å². The number of hydrogen-bond donors (Lipinski definition) is 0. The van der Waals surface area contributed by atoms with Crippen LogP contribution in [0.1, 0.15) is 17.0 Å². The van der Waals surface area contributed by atoms with Crippen LogP contribution in [0.5, 0.6) is 0 Å². The molecule has 22 heavy (non-hydrogen) atoms. The maximum Gasteiger partial charge on any atom is 0.183 e.